The zero-order valence-electron chi connectivity index (χ0n) is 21.3. The largest absolute Gasteiger partial charge is 0.495 e. The number of amides is 1. The van der Waals surface area contributed by atoms with Crippen LogP contribution in [0.25, 0.3) is 27.7 Å². The molecule has 38 heavy (non-hydrogen) atoms. The molecule has 3 N–H and O–H groups in total. The molecule has 0 radical (unpaired) electrons. The fourth-order valence-corrected chi connectivity index (χ4v) is 4.06. The lowest BCUT2D eigenvalue weighted by molar-refractivity contribution is -0.115. The van der Waals surface area contributed by atoms with Crippen LogP contribution in [0.4, 0.5) is 4.39 Å². The lowest BCUT2D eigenvalue weighted by Gasteiger charge is -2.18. The van der Waals surface area contributed by atoms with Gasteiger partial charge in [0, 0.05) is 44.6 Å². The van der Waals surface area contributed by atoms with Gasteiger partial charge in [0.05, 0.1) is 59.6 Å². The summed E-state index contributed by atoms with van der Waals surface area (Å²) in [6.45, 7) is 4.09. The van der Waals surface area contributed by atoms with Gasteiger partial charge < -0.3 is 34.8 Å². The summed E-state index contributed by atoms with van der Waals surface area (Å²) in [4.78, 5) is 29.8. The Morgan fingerprint density at radius 3 is 2.55 bits per heavy atom. The van der Waals surface area contributed by atoms with Crippen LogP contribution in [0, 0.1) is 11.2 Å². The Kier molecular flexibility index (Phi) is 9.21. The van der Waals surface area contributed by atoms with Gasteiger partial charge in [-0.1, -0.05) is 18.2 Å². The maximum absolute atomic E-state index is 15.3. The standard InChI is InChI=1S/C26H27ClFN5O5/c1-6-21(34)32-17(12-29)25(30-7-8-36-3)16-10-15-14(13-31-16)9-18(33(2)26(15)35)22-23(27)19(37-4)11-20(38-5)24(22)28/h6,9-13,29-30H,1,7-8H2,2-5H3,(H,32,34)/b25-17+,29-12?. The number of carbonyl (C=O) groups excluding carboxylic acids is 1. The number of aromatic nitrogens is 2. The van der Waals surface area contributed by atoms with E-state index in [1.807, 2.05) is 0 Å². The number of ether oxygens (including phenoxy) is 3. The van der Waals surface area contributed by atoms with E-state index in [0.29, 0.717) is 24.2 Å². The van der Waals surface area contributed by atoms with Gasteiger partial charge >= 0.3 is 0 Å². The van der Waals surface area contributed by atoms with E-state index >= 15 is 4.39 Å². The van der Waals surface area contributed by atoms with Gasteiger partial charge in [-0.3, -0.25) is 14.6 Å². The van der Waals surface area contributed by atoms with Gasteiger partial charge in [-0.05, 0) is 18.2 Å². The Hall–Kier alpha value is -4.22. The topological polar surface area (TPSA) is 128 Å². The highest BCUT2D eigenvalue weighted by Gasteiger charge is 2.23. The molecule has 0 fully saturated rings. The normalized spacial score (nSPS) is 11.5. The van der Waals surface area contributed by atoms with E-state index in [2.05, 4.69) is 22.2 Å². The summed E-state index contributed by atoms with van der Waals surface area (Å²) in [5.74, 6) is -1.19. The molecule has 2 aromatic heterocycles. The maximum Gasteiger partial charge on any atom is 0.258 e. The van der Waals surface area contributed by atoms with Gasteiger partial charge in [0.15, 0.2) is 11.6 Å². The van der Waals surface area contributed by atoms with Gasteiger partial charge in [0.2, 0.25) is 5.91 Å². The van der Waals surface area contributed by atoms with E-state index in [1.165, 1.54) is 51.3 Å². The number of halogens is 2. The van der Waals surface area contributed by atoms with E-state index in [0.717, 1.165) is 12.3 Å². The third-order valence-corrected chi connectivity index (χ3v) is 6.05. The number of rotatable bonds is 11. The Morgan fingerprint density at radius 1 is 1.24 bits per heavy atom. The number of carbonyl (C=O) groups is 1. The van der Waals surface area contributed by atoms with E-state index in [1.54, 1.807) is 6.07 Å². The minimum atomic E-state index is -0.752. The van der Waals surface area contributed by atoms with Gasteiger partial charge in [-0.2, -0.15) is 0 Å². The van der Waals surface area contributed by atoms with Crippen molar-refractivity contribution in [2.45, 2.75) is 0 Å². The summed E-state index contributed by atoms with van der Waals surface area (Å²) in [6, 6.07) is 4.42. The number of nitrogens with zero attached hydrogens (tertiary/aromatic N) is 2. The molecular weight excluding hydrogens is 517 g/mol. The fraction of sp³-hybridized carbons (Fsp3) is 0.231. The molecule has 0 atom stereocenters. The maximum atomic E-state index is 15.3. The van der Waals surface area contributed by atoms with E-state index < -0.39 is 17.3 Å². The highest BCUT2D eigenvalue weighted by Crippen LogP contribution is 2.42. The molecule has 0 unspecified atom stereocenters. The van der Waals surface area contributed by atoms with Crippen LogP contribution in [0.2, 0.25) is 5.02 Å². The van der Waals surface area contributed by atoms with Gasteiger partial charge in [0.1, 0.15) is 5.75 Å². The van der Waals surface area contributed by atoms with Crippen LogP contribution in [0.15, 0.2) is 47.5 Å². The van der Waals surface area contributed by atoms with Gasteiger partial charge in [-0.25, -0.2) is 4.39 Å². The monoisotopic (exact) mass is 543 g/mol. The second-order valence-electron chi connectivity index (χ2n) is 7.88. The van der Waals surface area contributed by atoms with Crippen LogP contribution in [0.3, 0.4) is 0 Å². The number of allylic oxidation sites excluding steroid dienone is 1. The zero-order chi connectivity index (χ0) is 28.0. The lowest BCUT2D eigenvalue weighted by atomic mass is 10.0. The van der Waals surface area contributed by atoms with Crippen LogP contribution in [0.5, 0.6) is 11.5 Å². The van der Waals surface area contributed by atoms with Crippen LogP contribution >= 0.6 is 11.6 Å². The molecule has 12 heteroatoms. The quantitative estimate of drug-likeness (QED) is 0.192. The molecule has 10 nitrogen and oxygen atoms in total. The van der Waals surface area contributed by atoms with Crippen LogP contribution < -0.4 is 25.7 Å². The van der Waals surface area contributed by atoms with Crippen LogP contribution in [-0.2, 0) is 16.6 Å². The molecule has 0 aliphatic heterocycles. The van der Waals surface area contributed by atoms with Crippen molar-refractivity contribution in [3.8, 4) is 22.8 Å². The molecule has 1 amide bonds. The first-order chi connectivity index (χ1) is 18.2. The summed E-state index contributed by atoms with van der Waals surface area (Å²) in [6.07, 6.45) is 3.46. The smallest absolute Gasteiger partial charge is 0.258 e. The van der Waals surface area contributed by atoms with Crippen molar-refractivity contribution in [1.82, 2.24) is 20.2 Å². The van der Waals surface area contributed by atoms with Crippen LogP contribution in [-0.4, -0.2) is 56.2 Å². The predicted octanol–water partition coefficient (Wildman–Crippen LogP) is 3.27. The molecule has 3 rings (SSSR count). The second-order valence-corrected chi connectivity index (χ2v) is 8.26. The molecule has 0 aliphatic carbocycles. The number of hydrogen-bond acceptors (Lipinski definition) is 8. The highest BCUT2D eigenvalue weighted by molar-refractivity contribution is 6.35. The molecule has 0 spiro atoms. The molecular formula is C26H27ClFN5O5. The number of methoxy groups -OCH3 is 3. The lowest BCUT2D eigenvalue weighted by Crippen LogP contribution is -2.28. The average molecular weight is 544 g/mol. The van der Waals surface area contributed by atoms with Crippen molar-refractivity contribution in [3.63, 3.8) is 0 Å². The van der Waals surface area contributed by atoms with E-state index in [-0.39, 0.29) is 44.6 Å². The first-order valence-electron chi connectivity index (χ1n) is 11.2. The number of fused-ring (bicyclic) bond motifs is 1. The number of benzene rings is 1. The van der Waals surface area contributed by atoms with Crippen molar-refractivity contribution in [2.24, 2.45) is 7.05 Å². The first kappa shape index (κ1) is 28.4. The molecule has 0 aliphatic rings. The summed E-state index contributed by atoms with van der Waals surface area (Å²) in [5, 5.41) is 14.1. The molecule has 2 heterocycles. The number of hydrogen-bond donors (Lipinski definition) is 3. The molecule has 1 aromatic carbocycles. The second kappa shape index (κ2) is 12.3. The van der Waals surface area contributed by atoms with Crippen molar-refractivity contribution >= 4 is 40.2 Å². The third kappa shape index (κ3) is 5.53. The van der Waals surface area contributed by atoms with Crippen molar-refractivity contribution in [2.75, 3.05) is 34.5 Å². The summed E-state index contributed by atoms with van der Waals surface area (Å²) >= 11 is 6.45. The first-order valence-corrected chi connectivity index (χ1v) is 11.6. The molecule has 0 saturated heterocycles. The Labute approximate surface area is 223 Å². The van der Waals surface area contributed by atoms with Crippen molar-refractivity contribution < 1.29 is 23.4 Å². The fourth-order valence-electron chi connectivity index (χ4n) is 3.74. The summed E-state index contributed by atoms with van der Waals surface area (Å²) < 4.78 is 32.1. The zero-order valence-corrected chi connectivity index (χ0v) is 22.0. The Bertz CT molecular complexity index is 1470. The van der Waals surface area contributed by atoms with Crippen molar-refractivity contribution in [3.05, 3.63) is 69.6 Å². The molecule has 0 saturated carbocycles. The van der Waals surface area contributed by atoms with E-state index in [9.17, 15) is 9.59 Å². The van der Waals surface area contributed by atoms with Crippen molar-refractivity contribution in [1.29, 1.82) is 5.41 Å². The minimum Gasteiger partial charge on any atom is -0.495 e. The SMILES string of the molecule is C=CC(=O)N/C(C=N)=C(/NCCOC)c1cc2c(=O)n(C)c(-c3c(F)c(OC)cc(OC)c3Cl)cc2cn1. The minimum absolute atomic E-state index is 0.0223. The van der Waals surface area contributed by atoms with Gasteiger partial charge in [-0.15, -0.1) is 0 Å². The Balaban J connectivity index is 2.26. The summed E-state index contributed by atoms with van der Waals surface area (Å²) in [5.41, 5.74) is 0.364. The third-order valence-electron chi connectivity index (χ3n) is 5.67. The predicted molar refractivity (Wildman–Crippen MR) is 144 cm³/mol. The molecule has 0 bridgehead atoms. The van der Waals surface area contributed by atoms with Crippen LogP contribution in [0.1, 0.15) is 5.69 Å². The Morgan fingerprint density at radius 2 is 1.95 bits per heavy atom. The number of pyridine rings is 2. The van der Waals surface area contributed by atoms with E-state index in [4.69, 9.17) is 31.2 Å². The molecule has 200 valence electrons. The highest BCUT2D eigenvalue weighted by atomic mass is 35.5. The van der Waals surface area contributed by atoms with Gasteiger partial charge in [0.25, 0.3) is 5.56 Å². The molecule has 3 aromatic rings. The summed E-state index contributed by atoms with van der Waals surface area (Å²) in [7, 11) is 5.72. The average Bonchev–Trinajstić information content (AvgIpc) is 2.92. The number of nitrogens with one attached hydrogen (secondary N) is 3.